The maximum atomic E-state index is 10.6. The van der Waals surface area contributed by atoms with Crippen molar-refractivity contribution in [1.82, 2.24) is 0 Å². The Morgan fingerprint density at radius 2 is 1.85 bits per heavy atom. The molecule has 0 aliphatic heterocycles. The van der Waals surface area contributed by atoms with Gasteiger partial charge in [-0.05, 0) is 11.5 Å². The summed E-state index contributed by atoms with van der Waals surface area (Å²) in [6.07, 6.45) is 0. The fourth-order valence-electron chi connectivity index (χ4n) is 1.19. The number of aromatic carboxylic acids is 1. The average Bonchev–Trinajstić information content (AvgIpc) is 2.04. The van der Waals surface area contributed by atoms with Gasteiger partial charge in [-0.1, -0.05) is 38.1 Å². The molecular weight excluding hydrogens is 175 g/mol. The van der Waals surface area contributed by atoms with Gasteiger partial charge in [-0.2, -0.15) is 0 Å². The molecule has 0 bridgehead atoms. The van der Waals surface area contributed by atoms with Gasteiger partial charge in [0.2, 0.25) is 0 Å². The largest absolute Gasteiger partial charge is 1.00 e. The number of carboxylic acids is 1. The summed E-state index contributed by atoms with van der Waals surface area (Å²) in [5.74, 6) is -0.876. The summed E-state index contributed by atoms with van der Waals surface area (Å²) in [6, 6.07) is 6.93. The van der Waals surface area contributed by atoms with Crippen molar-refractivity contribution in [2.75, 3.05) is 0 Å². The number of rotatable bonds is 2. The first-order valence-electron chi connectivity index (χ1n) is 3.93. The summed E-state index contributed by atoms with van der Waals surface area (Å²) in [5.41, 5.74) is 1.13. The smallest absolute Gasteiger partial charge is 0.545 e. The van der Waals surface area contributed by atoms with E-state index in [1.165, 1.54) is 0 Å². The van der Waals surface area contributed by atoms with Crippen molar-refractivity contribution >= 4 is 5.97 Å². The van der Waals surface area contributed by atoms with Crippen molar-refractivity contribution in [3.8, 4) is 0 Å². The summed E-state index contributed by atoms with van der Waals surface area (Å²) in [4.78, 5) is 10.6. The van der Waals surface area contributed by atoms with E-state index in [0.717, 1.165) is 5.56 Å². The number of carboxylic acid groups (broad SMARTS) is 1. The van der Waals surface area contributed by atoms with Crippen molar-refractivity contribution in [1.29, 1.82) is 0 Å². The van der Waals surface area contributed by atoms with Crippen molar-refractivity contribution in [3.63, 3.8) is 0 Å². The van der Waals surface area contributed by atoms with Crippen molar-refractivity contribution < 1.29 is 39.5 Å². The van der Waals surface area contributed by atoms with Crippen molar-refractivity contribution in [3.05, 3.63) is 35.4 Å². The average molecular weight is 186 g/mol. The van der Waals surface area contributed by atoms with Crippen molar-refractivity contribution in [2.24, 2.45) is 0 Å². The predicted octanol–water partition coefficient (Wildman–Crippen LogP) is -1.82. The molecule has 0 aromatic heterocycles. The molecule has 0 aliphatic carbocycles. The Balaban J connectivity index is 0.00000144. The van der Waals surface area contributed by atoms with E-state index in [9.17, 15) is 9.90 Å². The van der Waals surface area contributed by atoms with E-state index >= 15 is 0 Å². The van der Waals surface area contributed by atoms with Crippen LogP contribution in [0.15, 0.2) is 24.3 Å². The number of hydrogen-bond donors (Lipinski definition) is 0. The third-order valence-electron chi connectivity index (χ3n) is 1.80. The molecular formula is C10H11NaO2. The second-order valence-corrected chi connectivity index (χ2v) is 3.03. The quantitative estimate of drug-likeness (QED) is 0.510. The van der Waals surface area contributed by atoms with Crippen LogP contribution in [0.3, 0.4) is 0 Å². The summed E-state index contributed by atoms with van der Waals surface area (Å²) in [5, 5.41) is 10.6. The Kier molecular flexibility index (Phi) is 5.30. The van der Waals surface area contributed by atoms with Gasteiger partial charge in [0.05, 0.1) is 5.97 Å². The molecule has 1 aromatic carbocycles. The van der Waals surface area contributed by atoms with Crippen LogP contribution in [0.2, 0.25) is 0 Å². The van der Waals surface area contributed by atoms with Crippen LogP contribution < -0.4 is 34.7 Å². The molecule has 0 amide bonds. The first-order chi connectivity index (χ1) is 5.63. The van der Waals surface area contributed by atoms with Crippen LogP contribution in [-0.2, 0) is 0 Å². The van der Waals surface area contributed by atoms with Crippen molar-refractivity contribution in [2.45, 2.75) is 19.8 Å². The number of carbonyl (C=O) groups is 1. The molecule has 0 unspecified atom stereocenters. The van der Waals surface area contributed by atoms with Crippen LogP contribution >= 0.6 is 0 Å². The normalized spacial score (nSPS) is 9.46. The molecule has 0 saturated heterocycles. The number of hydrogen-bond acceptors (Lipinski definition) is 2. The van der Waals surface area contributed by atoms with Gasteiger partial charge in [0.1, 0.15) is 0 Å². The maximum absolute atomic E-state index is 10.6. The van der Waals surface area contributed by atoms with Crippen LogP contribution in [0.4, 0.5) is 0 Å². The third-order valence-corrected chi connectivity index (χ3v) is 1.80. The zero-order valence-electron chi connectivity index (χ0n) is 8.20. The molecule has 0 atom stereocenters. The maximum Gasteiger partial charge on any atom is 1.00 e. The van der Waals surface area contributed by atoms with E-state index in [1.54, 1.807) is 12.1 Å². The first-order valence-corrected chi connectivity index (χ1v) is 3.93. The van der Waals surface area contributed by atoms with Gasteiger partial charge < -0.3 is 9.90 Å². The SMILES string of the molecule is CC(C)c1ccccc1C(=O)[O-].[Na+]. The predicted molar refractivity (Wildman–Crippen MR) is 44.9 cm³/mol. The summed E-state index contributed by atoms with van der Waals surface area (Å²) < 4.78 is 0. The molecule has 1 rings (SSSR count). The number of carbonyl (C=O) groups excluding carboxylic acids is 1. The zero-order chi connectivity index (χ0) is 9.14. The molecule has 3 heteroatoms. The van der Waals surface area contributed by atoms with Crippen LogP contribution in [0.25, 0.3) is 0 Å². The monoisotopic (exact) mass is 186 g/mol. The molecule has 0 radical (unpaired) electrons. The summed E-state index contributed by atoms with van der Waals surface area (Å²) in [6.45, 7) is 3.92. The minimum absolute atomic E-state index is 0. The fourth-order valence-corrected chi connectivity index (χ4v) is 1.19. The van der Waals surface area contributed by atoms with Gasteiger partial charge in [0, 0.05) is 5.56 Å². The van der Waals surface area contributed by atoms with Crippen LogP contribution in [0.1, 0.15) is 35.7 Å². The molecule has 0 aliphatic rings. The Bertz CT molecular complexity index is 295. The topological polar surface area (TPSA) is 40.1 Å². The van der Waals surface area contributed by atoms with E-state index in [0.29, 0.717) is 5.56 Å². The van der Waals surface area contributed by atoms with Gasteiger partial charge in [-0.3, -0.25) is 0 Å². The number of benzene rings is 1. The molecule has 0 fully saturated rings. The first kappa shape index (κ1) is 12.7. The van der Waals surface area contributed by atoms with Crippen LogP contribution in [-0.4, -0.2) is 5.97 Å². The minimum atomic E-state index is -1.10. The van der Waals surface area contributed by atoms with Gasteiger partial charge in [-0.25, -0.2) is 0 Å². The van der Waals surface area contributed by atoms with E-state index in [-0.39, 0.29) is 35.5 Å². The third kappa shape index (κ3) is 3.14. The Morgan fingerprint density at radius 1 is 1.31 bits per heavy atom. The minimum Gasteiger partial charge on any atom is -0.545 e. The Labute approximate surface area is 100 Å². The summed E-state index contributed by atoms with van der Waals surface area (Å²) in [7, 11) is 0. The molecule has 0 heterocycles. The molecule has 0 spiro atoms. The molecule has 64 valence electrons. The zero-order valence-corrected chi connectivity index (χ0v) is 10.2. The van der Waals surface area contributed by atoms with E-state index < -0.39 is 5.97 Å². The molecule has 0 saturated carbocycles. The van der Waals surface area contributed by atoms with Gasteiger partial charge >= 0.3 is 29.6 Å². The molecule has 0 N–H and O–H groups in total. The second kappa shape index (κ2) is 5.43. The van der Waals surface area contributed by atoms with Gasteiger partial charge in [-0.15, -0.1) is 0 Å². The van der Waals surface area contributed by atoms with Crippen LogP contribution in [0, 0.1) is 0 Å². The molecule has 13 heavy (non-hydrogen) atoms. The Morgan fingerprint density at radius 3 is 2.23 bits per heavy atom. The Hall–Kier alpha value is -0.310. The summed E-state index contributed by atoms with van der Waals surface area (Å²) >= 11 is 0. The van der Waals surface area contributed by atoms with Gasteiger partial charge in [0.25, 0.3) is 0 Å². The van der Waals surface area contributed by atoms with E-state index in [2.05, 4.69) is 0 Å². The van der Waals surface area contributed by atoms with E-state index in [1.807, 2.05) is 26.0 Å². The molecule has 2 nitrogen and oxygen atoms in total. The van der Waals surface area contributed by atoms with Gasteiger partial charge in [0.15, 0.2) is 0 Å². The van der Waals surface area contributed by atoms with E-state index in [4.69, 9.17) is 0 Å². The van der Waals surface area contributed by atoms with Crippen LogP contribution in [0.5, 0.6) is 0 Å². The second-order valence-electron chi connectivity index (χ2n) is 3.03. The fraction of sp³-hybridized carbons (Fsp3) is 0.300. The standard InChI is InChI=1S/C10H12O2.Na/c1-7(2)8-5-3-4-6-9(8)10(11)12;/h3-7H,1-2H3,(H,11,12);/q;+1/p-1. The molecule has 1 aromatic rings.